The predicted octanol–water partition coefficient (Wildman–Crippen LogP) is 1.22. The van der Waals surface area contributed by atoms with Crippen molar-refractivity contribution in [1.82, 2.24) is 5.32 Å². The summed E-state index contributed by atoms with van der Waals surface area (Å²) in [6.07, 6.45) is 3.28. The van der Waals surface area contributed by atoms with Gasteiger partial charge in [0.1, 0.15) is 6.10 Å². The Morgan fingerprint density at radius 3 is 2.50 bits per heavy atom. The van der Waals surface area contributed by atoms with Crippen LogP contribution in [0, 0.1) is 0 Å². The molecule has 3 N–H and O–H groups in total. The molecule has 1 aliphatic heterocycles. The zero-order valence-electron chi connectivity index (χ0n) is 10.1. The number of carbonyl (C=O) groups excluding carboxylic acids is 1. The number of amides is 1. The molecule has 0 bridgehead atoms. The summed E-state index contributed by atoms with van der Waals surface area (Å²) < 4.78 is 5.34. The van der Waals surface area contributed by atoms with Crippen molar-refractivity contribution in [2.45, 2.75) is 51.2 Å². The molecule has 0 saturated carbocycles. The van der Waals surface area contributed by atoms with E-state index in [1.165, 1.54) is 0 Å². The van der Waals surface area contributed by atoms with Crippen LogP contribution in [0.4, 0.5) is 0 Å². The molecule has 1 aliphatic rings. The molecule has 0 unspecified atom stereocenters. The lowest BCUT2D eigenvalue weighted by molar-refractivity contribution is -0.132. The second kappa shape index (κ2) is 7.09. The van der Waals surface area contributed by atoms with Gasteiger partial charge in [-0.05, 0) is 25.7 Å². The van der Waals surface area contributed by atoms with E-state index in [4.69, 9.17) is 10.5 Å². The maximum Gasteiger partial charge on any atom is 0.249 e. The number of carbonyl (C=O) groups is 1. The van der Waals surface area contributed by atoms with Gasteiger partial charge in [-0.3, -0.25) is 4.79 Å². The standard InChI is InChI=1S/C11H22N2O2.ClH/c1-3-11(4-2,8-12)13-10(14)9-6-5-7-15-9;/h9H,3-8,12H2,1-2H3,(H,13,14);1H/t9-;/m1./s1. The van der Waals surface area contributed by atoms with Crippen molar-refractivity contribution in [2.24, 2.45) is 5.73 Å². The molecule has 1 atom stereocenters. The van der Waals surface area contributed by atoms with E-state index in [2.05, 4.69) is 5.32 Å². The van der Waals surface area contributed by atoms with Gasteiger partial charge in [0.2, 0.25) is 5.91 Å². The molecule has 0 aromatic heterocycles. The highest BCUT2D eigenvalue weighted by atomic mass is 35.5. The van der Waals surface area contributed by atoms with E-state index in [0.717, 1.165) is 25.7 Å². The van der Waals surface area contributed by atoms with Crippen LogP contribution < -0.4 is 11.1 Å². The van der Waals surface area contributed by atoms with Crippen LogP contribution in [-0.2, 0) is 9.53 Å². The first-order valence-electron chi connectivity index (χ1n) is 5.81. The number of hydrogen-bond donors (Lipinski definition) is 2. The molecule has 0 radical (unpaired) electrons. The molecular weight excluding hydrogens is 228 g/mol. The molecule has 5 heteroatoms. The minimum atomic E-state index is -0.256. The smallest absolute Gasteiger partial charge is 0.249 e. The molecule has 1 rings (SSSR count). The van der Waals surface area contributed by atoms with Crippen LogP contribution >= 0.6 is 12.4 Å². The number of halogens is 1. The zero-order chi connectivity index (χ0) is 11.3. The van der Waals surface area contributed by atoms with Gasteiger partial charge in [-0.25, -0.2) is 0 Å². The van der Waals surface area contributed by atoms with Crippen LogP contribution in [0.5, 0.6) is 0 Å². The lowest BCUT2D eigenvalue weighted by Gasteiger charge is -2.32. The summed E-state index contributed by atoms with van der Waals surface area (Å²) in [5.74, 6) is 0.00153. The Morgan fingerprint density at radius 1 is 1.50 bits per heavy atom. The molecule has 1 saturated heterocycles. The SMILES string of the molecule is CCC(CC)(CN)NC(=O)[C@H]1CCCO1.Cl. The first-order valence-corrected chi connectivity index (χ1v) is 5.81. The third-order valence-electron chi connectivity index (χ3n) is 3.35. The molecule has 4 nitrogen and oxygen atoms in total. The molecule has 0 aliphatic carbocycles. The third kappa shape index (κ3) is 3.61. The summed E-state index contributed by atoms with van der Waals surface area (Å²) in [5, 5.41) is 3.03. The Bertz CT molecular complexity index is 206. The molecule has 1 fully saturated rings. The second-order valence-electron chi connectivity index (χ2n) is 4.18. The van der Waals surface area contributed by atoms with Crippen LogP contribution in [0.1, 0.15) is 39.5 Å². The van der Waals surface area contributed by atoms with Crippen LogP contribution in [0.25, 0.3) is 0 Å². The fourth-order valence-corrected chi connectivity index (χ4v) is 1.89. The maximum absolute atomic E-state index is 11.8. The Labute approximate surface area is 104 Å². The largest absolute Gasteiger partial charge is 0.368 e. The van der Waals surface area contributed by atoms with E-state index in [1.807, 2.05) is 13.8 Å². The average Bonchev–Trinajstić information content (AvgIpc) is 2.79. The van der Waals surface area contributed by atoms with Gasteiger partial charge in [0.15, 0.2) is 0 Å². The molecule has 0 aromatic carbocycles. The zero-order valence-corrected chi connectivity index (χ0v) is 10.9. The van der Waals surface area contributed by atoms with Gasteiger partial charge in [0.05, 0.1) is 5.54 Å². The molecular formula is C11H23ClN2O2. The van der Waals surface area contributed by atoms with E-state index < -0.39 is 0 Å². The highest BCUT2D eigenvalue weighted by Gasteiger charge is 2.31. The van der Waals surface area contributed by atoms with Crippen molar-refractivity contribution in [3.8, 4) is 0 Å². The van der Waals surface area contributed by atoms with Crippen LogP contribution in [0.3, 0.4) is 0 Å². The summed E-state index contributed by atoms with van der Waals surface area (Å²) in [7, 11) is 0. The summed E-state index contributed by atoms with van der Waals surface area (Å²) >= 11 is 0. The Hall–Kier alpha value is -0.320. The van der Waals surface area contributed by atoms with Crippen molar-refractivity contribution in [2.75, 3.05) is 13.2 Å². The second-order valence-corrected chi connectivity index (χ2v) is 4.18. The van der Waals surface area contributed by atoms with Crippen molar-refractivity contribution in [3.63, 3.8) is 0 Å². The molecule has 96 valence electrons. The Balaban J connectivity index is 0.00000225. The number of nitrogens with one attached hydrogen (secondary N) is 1. The third-order valence-corrected chi connectivity index (χ3v) is 3.35. The lowest BCUT2D eigenvalue weighted by atomic mass is 9.92. The topological polar surface area (TPSA) is 64.3 Å². The molecule has 1 heterocycles. The fraction of sp³-hybridized carbons (Fsp3) is 0.909. The van der Waals surface area contributed by atoms with Gasteiger partial charge in [0, 0.05) is 13.2 Å². The van der Waals surface area contributed by atoms with Crippen LogP contribution in [-0.4, -0.2) is 30.7 Å². The lowest BCUT2D eigenvalue weighted by Crippen LogP contribution is -2.55. The van der Waals surface area contributed by atoms with Crippen LogP contribution in [0.15, 0.2) is 0 Å². The summed E-state index contributed by atoms with van der Waals surface area (Å²) in [5.41, 5.74) is 5.47. The van der Waals surface area contributed by atoms with Crippen molar-refractivity contribution in [1.29, 1.82) is 0 Å². The van der Waals surface area contributed by atoms with Crippen molar-refractivity contribution >= 4 is 18.3 Å². The maximum atomic E-state index is 11.8. The van der Waals surface area contributed by atoms with Gasteiger partial charge in [0.25, 0.3) is 0 Å². The number of ether oxygens (including phenoxy) is 1. The normalized spacial score (nSPS) is 20.3. The van der Waals surface area contributed by atoms with E-state index in [9.17, 15) is 4.79 Å². The van der Waals surface area contributed by atoms with Gasteiger partial charge >= 0.3 is 0 Å². The monoisotopic (exact) mass is 250 g/mol. The summed E-state index contributed by atoms with van der Waals surface area (Å²) in [6.45, 7) is 5.28. The summed E-state index contributed by atoms with van der Waals surface area (Å²) in [4.78, 5) is 11.8. The van der Waals surface area contributed by atoms with Crippen molar-refractivity contribution in [3.05, 3.63) is 0 Å². The number of rotatable bonds is 5. The van der Waals surface area contributed by atoms with E-state index >= 15 is 0 Å². The van der Waals surface area contributed by atoms with E-state index in [1.54, 1.807) is 0 Å². The predicted molar refractivity (Wildman–Crippen MR) is 66.7 cm³/mol. The first kappa shape index (κ1) is 15.7. The van der Waals surface area contributed by atoms with Gasteiger partial charge < -0.3 is 15.8 Å². The van der Waals surface area contributed by atoms with Crippen LogP contribution in [0.2, 0.25) is 0 Å². The molecule has 1 amide bonds. The molecule has 0 aromatic rings. The minimum absolute atomic E-state index is 0. The first-order chi connectivity index (χ1) is 7.17. The van der Waals surface area contributed by atoms with E-state index in [0.29, 0.717) is 13.2 Å². The van der Waals surface area contributed by atoms with Gasteiger partial charge in [-0.1, -0.05) is 13.8 Å². The average molecular weight is 251 g/mol. The summed E-state index contributed by atoms with van der Waals surface area (Å²) in [6, 6.07) is 0. The Kier molecular flexibility index (Phi) is 6.95. The molecule has 0 spiro atoms. The van der Waals surface area contributed by atoms with Gasteiger partial charge in [-0.2, -0.15) is 0 Å². The number of hydrogen-bond acceptors (Lipinski definition) is 3. The number of nitrogens with two attached hydrogens (primary N) is 1. The van der Waals surface area contributed by atoms with Gasteiger partial charge in [-0.15, -0.1) is 12.4 Å². The Morgan fingerprint density at radius 2 is 2.12 bits per heavy atom. The highest BCUT2D eigenvalue weighted by Crippen LogP contribution is 2.17. The van der Waals surface area contributed by atoms with E-state index in [-0.39, 0.29) is 30.0 Å². The quantitative estimate of drug-likeness (QED) is 0.771. The minimum Gasteiger partial charge on any atom is -0.368 e. The molecule has 16 heavy (non-hydrogen) atoms. The fourth-order valence-electron chi connectivity index (χ4n) is 1.89. The highest BCUT2D eigenvalue weighted by molar-refractivity contribution is 5.85. The van der Waals surface area contributed by atoms with Crippen molar-refractivity contribution < 1.29 is 9.53 Å².